The SMILES string of the molecule is Cc1n[nH]c2c1CCNCC2. The van der Waals surface area contributed by atoms with Crippen LogP contribution in [-0.2, 0) is 12.8 Å². The molecule has 11 heavy (non-hydrogen) atoms. The highest BCUT2D eigenvalue weighted by atomic mass is 15.1. The molecule has 2 N–H and O–H groups in total. The monoisotopic (exact) mass is 151 g/mol. The van der Waals surface area contributed by atoms with Gasteiger partial charge in [-0.1, -0.05) is 0 Å². The van der Waals surface area contributed by atoms with Gasteiger partial charge in [-0.15, -0.1) is 0 Å². The van der Waals surface area contributed by atoms with Gasteiger partial charge in [-0.25, -0.2) is 0 Å². The first-order chi connectivity index (χ1) is 5.38. The lowest BCUT2D eigenvalue weighted by atomic mass is 10.1. The summed E-state index contributed by atoms with van der Waals surface area (Å²) in [6.45, 7) is 4.24. The summed E-state index contributed by atoms with van der Waals surface area (Å²) in [4.78, 5) is 0. The molecule has 60 valence electrons. The number of hydrogen-bond donors (Lipinski definition) is 2. The molecule has 0 fully saturated rings. The van der Waals surface area contributed by atoms with E-state index in [1.165, 1.54) is 17.0 Å². The molecule has 1 aromatic heterocycles. The predicted molar refractivity (Wildman–Crippen MR) is 43.6 cm³/mol. The van der Waals surface area contributed by atoms with Crippen molar-refractivity contribution < 1.29 is 0 Å². The van der Waals surface area contributed by atoms with Crippen LogP contribution >= 0.6 is 0 Å². The van der Waals surface area contributed by atoms with E-state index >= 15 is 0 Å². The molecule has 0 saturated heterocycles. The van der Waals surface area contributed by atoms with Crippen LogP contribution in [0.4, 0.5) is 0 Å². The molecule has 0 radical (unpaired) electrons. The summed E-state index contributed by atoms with van der Waals surface area (Å²) in [5.41, 5.74) is 3.92. The van der Waals surface area contributed by atoms with Crippen LogP contribution < -0.4 is 5.32 Å². The molecule has 0 spiro atoms. The van der Waals surface area contributed by atoms with Crippen molar-refractivity contribution in [1.29, 1.82) is 0 Å². The maximum Gasteiger partial charge on any atom is 0.0626 e. The fraction of sp³-hybridized carbons (Fsp3) is 0.625. The summed E-state index contributed by atoms with van der Waals surface area (Å²) >= 11 is 0. The third-order valence-corrected chi connectivity index (χ3v) is 2.26. The second-order valence-electron chi connectivity index (χ2n) is 3.02. The van der Waals surface area contributed by atoms with Crippen LogP contribution in [0.3, 0.4) is 0 Å². The Morgan fingerprint density at radius 2 is 2.09 bits per heavy atom. The molecule has 0 aliphatic carbocycles. The van der Waals surface area contributed by atoms with Gasteiger partial charge in [0.25, 0.3) is 0 Å². The normalized spacial score (nSPS) is 17.5. The Hall–Kier alpha value is -0.830. The van der Waals surface area contributed by atoms with Crippen molar-refractivity contribution in [3.05, 3.63) is 17.0 Å². The largest absolute Gasteiger partial charge is 0.316 e. The zero-order chi connectivity index (χ0) is 7.68. The fourth-order valence-corrected chi connectivity index (χ4v) is 1.60. The number of H-pyrrole nitrogens is 1. The van der Waals surface area contributed by atoms with Crippen LogP contribution in [0, 0.1) is 6.92 Å². The highest BCUT2D eigenvalue weighted by Crippen LogP contribution is 2.12. The van der Waals surface area contributed by atoms with Crippen LogP contribution in [-0.4, -0.2) is 23.3 Å². The van der Waals surface area contributed by atoms with Crippen molar-refractivity contribution in [1.82, 2.24) is 15.5 Å². The van der Waals surface area contributed by atoms with Crippen molar-refractivity contribution in [3.63, 3.8) is 0 Å². The summed E-state index contributed by atoms with van der Waals surface area (Å²) < 4.78 is 0. The molecular formula is C8H13N3. The number of aromatic amines is 1. The van der Waals surface area contributed by atoms with Gasteiger partial charge in [0, 0.05) is 18.7 Å². The molecule has 0 bridgehead atoms. The highest BCUT2D eigenvalue weighted by molar-refractivity contribution is 5.25. The Morgan fingerprint density at radius 1 is 1.27 bits per heavy atom. The minimum Gasteiger partial charge on any atom is -0.316 e. The summed E-state index contributed by atoms with van der Waals surface area (Å²) in [5.74, 6) is 0. The lowest BCUT2D eigenvalue weighted by molar-refractivity contribution is 0.701. The molecule has 1 aromatic rings. The number of fused-ring (bicyclic) bond motifs is 1. The Bertz CT molecular complexity index is 252. The van der Waals surface area contributed by atoms with E-state index < -0.39 is 0 Å². The first-order valence-electron chi connectivity index (χ1n) is 4.11. The zero-order valence-corrected chi connectivity index (χ0v) is 6.78. The third-order valence-electron chi connectivity index (χ3n) is 2.26. The second-order valence-corrected chi connectivity index (χ2v) is 3.02. The van der Waals surface area contributed by atoms with Gasteiger partial charge in [0.15, 0.2) is 0 Å². The number of nitrogens with zero attached hydrogens (tertiary/aromatic N) is 1. The second kappa shape index (κ2) is 2.66. The van der Waals surface area contributed by atoms with Crippen LogP contribution in [0.1, 0.15) is 17.0 Å². The molecule has 2 rings (SSSR count). The van der Waals surface area contributed by atoms with E-state index in [2.05, 4.69) is 22.4 Å². The lowest BCUT2D eigenvalue weighted by Crippen LogP contribution is -2.16. The first kappa shape index (κ1) is 6.85. The van der Waals surface area contributed by atoms with E-state index in [0.717, 1.165) is 25.9 Å². The van der Waals surface area contributed by atoms with E-state index in [1.807, 2.05) is 0 Å². The summed E-state index contributed by atoms with van der Waals surface area (Å²) in [5, 5.41) is 10.6. The number of aryl methyl sites for hydroxylation is 1. The van der Waals surface area contributed by atoms with E-state index in [-0.39, 0.29) is 0 Å². The third kappa shape index (κ3) is 1.16. The van der Waals surface area contributed by atoms with Crippen molar-refractivity contribution in [2.24, 2.45) is 0 Å². The minimum atomic E-state index is 1.08. The highest BCUT2D eigenvalue weighted by Gasteiger charge is 2.11. The van der Waals surface area contributed by atoms with Gasteiger partial charge in [-0.2, -0.15) is 5.10 Å². The molecule has 0 unspecified atom stereocenters. The van der Waals surface area contributed by atoms with Crippen LogP contribution in [0.2, 0.25) is 0 Å². The average molecular weight is 151 g/mol. The van der Waals surface area contributed by atoms with Crippen LogP contribution in [0.15, 0.2) is 0 Å². The van der Waals surface area contributed by atoms with Gasteiger partial charge in [0.05, 0.1) is 5.69 Å². The average Bonchev–Trinajstić information content (AvgIpc) is 2.25. The molecule has 3 nitrogen and oxygen atoms in total. The Labute approximate surface area is 66.2 Å². The maximum atomic E-state index is 4.19. The van der Waals surface area contributed by atoms with Crippen molar-refractivity contribution in [3.8, 4) is 0 Å². The minimum absolute atomic E-state index is 1.08. The molecule has 0 aromatic carbocycles. The Kier molecular flexibility index (Phi) is 1.66. The van der Waals surface area contributed by atoms with E-state index in [9.17, 15) is 0 Å². The number of hydrogen-bond acceptors (Lipinski definition) is 2. The molecule has 2 heterocycles. The van der Waals surface area contributed by atoms with Gasteiger partial charge in [0.2, 0.25) is 0 Å². The standard InChI is InChI=1S/C8H13N3/c1-6-7-2-4-9-5-3-8(7)11-10-6/h9H,2-5H2,1H3,(H,10,11). The molecule has 1 aliphatic heterocycles. The number of rotatable bonds is 0. The van der Waals surface area contributed by atoms with Gasteiger partial charge in [-0.05, 0) is 25.5 Å². The smallest absolute Gasteiger partial charge is 0.0626 e. The Balaban J connectivity index is 2.35. The lowest BCUT2D eigenvalue weighted by Gasteiger charge is -1.95. The van der Waals surface area contributed by atoms with Crippen LogP contribution in [0.5, 0.6) is 0 Å². The molecule has 0 amide bonds. The molecular weight excluding hydrogens is 138 g/mol. The molecule has 3 heteroatoms. The summed E-state index contributed by atoms with van der Waals surface area (Å²) in [6, 6.07) is 0. The maximum absolute atomic E-state index is 4.19. The van der Waals surface area contributed by atoms with E-state index in [4.69, 9.17) is 0 Å². The van der Waals surface area contributed by atoms with Crippen molar-refractivity contribution >= 4 is 0 Å². The quantitative estimate of drug-likeness (QED) is 0.563. The van der Waals surface area contributed by atoms with E-state index in [1.54, 1.807) is 0 Å². The van der Waals surface area contributed by atoms with Gasteiger partial charge in [-0.3, -0.25) is 5.10 Å². The predicted octanol–water partition coefficient (Wildman–Crippen LogP) is 0.406. The Morgan fingerprint density at radius 3 is 3.00 bits per heavy atom. The van der Waals surface area contributed by atoms with Crippen LogP contribution in [0.25, 0.3) is 0 Å². The first-order valence-corrected chi connectivity index (χ1v) is 4.11. The topological polar surface area (TPSA) is 40.7 Å². The van der Waals surface area contributed by atoms with Crippen molar-refractivity contribution in [2.45, 2.75) is 19.8 Å². The number of aromatic nitrogens is 2. The number of nitrogens with one attached hydrogen (secondary N) is 2. The fourth-order valence-electron chi connectivity index (χ4n) is 1.60. The van der Waals surface area contributed by atoms with Crippen molar-refractivity contribution in [2.75, 3.05) is 13.1 Å². The molecule has 0 atom stereocenters. The molecule has 0 saturated carbocycles. The van der Waals surface area contributed by atoms with Gasteiger partial charge in [0.1, 0.15) is 0 Å². The zero-order valence-electron chi connectivity index (χ0n) is 6.78. The summed E-state index contributed by atoms with van der Waals surface area (Å²) in [7, 11) is 0. The summed E-state index contributed by atoms with van der Waals surface area (Å²) in [6.07, 6.45) is 2.22. The molecule has 1 aliphatic rings. The van der Waals surface area contributed by atoms with E-state index in [0.29, 0.717) is 0 Å². The van der Waals surface area contributed by atoms with Gasteiger partial charge >= 0.3 is 0 Å². The van der Waals surface area contributed by atoms with Gasteiger partial charge < -0.3 is 5.32 Å².